The van der Waals surface area contributed by atoms with Gasteiger partial charge in [0, 0.05) is 57.6 Å². The molecule has 3 aliphatic rings. The van der Waals surface area contributed by atoms with Crippen molar-refractivity contribution in [3.8, 4) is 33.4 Å². The van der Waals surface area contributed by atoms with Crippen molar-refractivity contribution in [2.24, 2.45) is 11.8 Å². The van der Waals surface area contributed by atoms with E-state index >= 15 is 0 Å². The Kier molecular flexibility index (Phi) is 7.04. The summed E-state index contributed by atoms with van der Waals surface area (Å²) in [4.78, 5) is 0. The molecule has 2 heterocycles. The van der Waals surface area contributed by atoms with Crippen LogP contribution in [-0.2, 0) is 5.41 Å². The second kappa shape index (κ2) is 12.3. The first-order valence-corrected chi connectivity index (χ1v) is 22.4. The molecule has 2 heteroatoms. The van der Waals surface area contributed by atoms with Gasteiger partial charge in [-0.2, -0.15) is 0 Å². The Morgan fingerprint density at radius 3 is 1.92 bits per heavy atom. The molecule has 0 spiro atoms. The standard InChI is InChI=1S/C57H38S2/c1-57(2)48-28-24-34(35-22-26-39-45-27-29-51-55(56(45)59-52(39)32-35)46-19-9-10-21-50(46)58-51)30-47(48)38-25-23-36(31-49(38)57)53-41-15-5-7-17-43(41)54(44-18-8-6-16-42(44)53)40-20-11-13-33-12-3-4-14-37(33)40/h3-33,37H,1-2H3. The number of thiophene rings is 2. The molecule has 13 rings (SSSR count). The molecule has 0 nitrogen and oxygen atoms in total. The smallest absolute Gasteiger partial charge is 0.0448 e. The average Bonchev–Trinajstić information content (AvgIpc) is 3.92. The van der Waals surface area contributed by atoms with Crippen molar-refractivity contribution in [3.05, 3.63) is 199 Å². The van der Waals surface area contributed by atoms with Gasteiger partial charge in [-0.25, -0.2) is 0 Å². The van der Waals surface area contributed by atoms with Crippen LogP contribution in [0.15, 0.2) is 182 Å². The molecule has 8 aromatic carbocycles. The summed E-state index contributed by atoms with van der Waals surface area (Å²) in [6.45, 7) is 4.81. The molecule has 10 aromatic rings. The van der Waals surface area contributed by atoms with Crippen LogP contribution in [0.5, 0.6) is 0 Å². The van der Waals surface area contributed by atoms with Crippen LogP contribution < -0.4 is 0 Å². The van der Waals surface area contributed by atoms with Gasteiger partial charge in [-0.05, 0) is 108 Å². The zero-order chi connectivity index (χ0) is 39.0. The normalized spacial score (nSPS) is 17.7. The molecule has 2 atom stereocenters. The van der Waals surface area contributed by atoms with Gasteiger partial charge in [0.15, 0.2) is 0 Å². The molecule has 0 saturated heterocycles. The van der Waals surface area contributed by atoms with E-state index in [0.717, 1.165) is 0 Å². The van der Waals surface area contributed by atoms with Crippen molar-refractivity contribution in [1.29, 1.82) is 0 Å². The van der Waals surface area contributed by atoms with Crippen molar-refractivity contribution < 1.29 is 0 Å². The molecule has 0 fully saturated rings. The number of benzene rings is 8. The third-order valence-electron chi connectivity index (χ3n) is 13.6. The van der Waals surface area contributed by atoms with Crippen molar-refractivity contribution in [2.75, 3.05) is 0 Å². The Hall–Kier alpha value is -6.32. The Morgan fingerprint density at radius 1 is 0.441 bits per heavy atom. The van der Waals surface area contributed by atoms with Crippen molar-refractivity contribution in [3.63, 3.8) is 0 Å². The van der Waals surface area contributed by atoms with Crippen molar-refractivity contribution in [2.45, 2.75) is 19.3 Å². The van der Waals surface area contributed by atoms with E-state index in [1.54, 1.807) is 0 Å². The summed E-state index contributed by atoms with van der Waals surface area (Å²) in [5, 5.41) is 10.7. The lowest BCUT2D eigenvalue weighted by molar-refractivity contribution is 0.660. The summed E-state index contributed by atoms with van der Waals surface area (Å²) in [6.07, 6.45) is 16.1. The van der Waals surface area contributed by atoms with Crippen LogP contribution in [0.4, 0.5) is 0 Å². The molecule has 3 aliphatic carbocycles. The van der Waals surface area contributed by atoms with Gasteiger partial charge in [0.25, 0.3) is 0 Å². The van der Waals surface area contributed by atoms with Gasteiger partial charge in [0.2, 0.25) is 0 Å². The quantitative estimate of drug-likeness (QED) is 0.157. The molecule has 2 unspecified atom stereocenters. The van der Waals surface area contributed by atoms with Gasteiger partial charge in [-0.1, -0.05) is 166 Å². The van der Waals surface area contributed by atoms with E-state index in [1.807, 2.05) is 22.7 Å². The second-order valence-corrected chi connectivity index (χ2v) is 19.2. The third kappa shape index (κ3) is 4.76. The lowest BCUT2D eigenvalue weighted by Crippen LogP contribution is -2.15. The Bertz CT molecular complexity index is 3540. The van der Waals surface area contributed by atoms with E-state index in [9.17, 15) is 0 Å². The minimum absolute atomic E-state index is 0.135. The zero-order valence-corrected chi connectivity index (χ0v) is 34.4. The first kappa shape index (κ1) is 33.6. The summed E-state index contributed by atoms with van der Waals surface area (Å²) in [7, 11) is 0. The largest absolute Gasteiger partial charge is 0.135 e. The average molecular weight is 787 g/mol. The van der Waals surface area contributed by atoms with Crippen LogP contribution in [-0.4, -0.2) is 0 Å². The predicted octanol–water partition coefficient (Wildman–Crippen LogP) is 16.7. The summed E-state index contributed by atoms with van der Waals surface area (Å²) in [5.74, 6) is 0.715. The summed E-state index contributed by atoms with van der Waals surface area (Å²) in [6, 6.07) is 53.3. The maximum atomic E-state index is 2.51. The Morgan fingerprint density at radius 2 is 1.10 bits per heavy atom. The molecule has 0 radical (unpaired) electrons. The topological polar surface area (TPSA) is 0 Å². The van der Waals surface area contributed by atoms with E-state index in [4.69, 9.17) is 0 Å². The van der Waals surface area contributed by atoms with E-state index in [0.29, 0.717) is 11.8 Å². The first-order chi connectivity index (χ1) is 29.0. The van der Waals surface area contributed by atoms with Crippen LogP contribution in [0.2, 0.25) is 0 Å². The Labute approximate surface area is 351 Å². The van der Waals surface area contributed by atoms with Gasteiger partial charge >= 0.3 is 0 Å². The molecule has 2 aromatic heterocycles. The van der Waals surface area contributed by atoms with Gasteiger partial charge in [-0.15, -0.1) is 22.7 Å². The highest BCUT2D eigenvalue weighted by atomic mass is 32.1. The fraction of sp³-hybridized carbons (Fsp3) is 0.0877. The highest BCUT2D eigenvalue weighted by Gasteiger charge is 2.36. The minimum atomic E-state index is -0.135. The minimum Gasteiger partial charge on any atom is -0.135 e. The zero-order valence-electron chi connectivity index (χ0n) is 32.8. The highest BCUT2D eigenvalue weighted by molar-refractivity contribution is 7.29. The van der Waals surface area contributed by atoms with Gasteiger partial charge < -0.3 is 0 Å². The number of hydrogen-bond donors (Lipinski definition) is 0. The lowest BCUT2D eigenvalue weighted by Gasteiger charge is -2.29. The van der Waals surface area contributed by atoms with Crippen LogP contribution in [0.25, 0.3) is 101 Å². The van der Waals surface area contributed by atoms with Gasteiger partial charge in [0.1, 0.15) is 0 Å². The SMILES string of the molecule is CC1(C)c2ccc(-c3ccc4c(c3)sc3c4ccc4sc5ccccc5c43)cc2-c2ccc(-c3c4ccccc4c(C4=CC=CC5C=CC=CC45)c4ccccc34)cc21. The first-order valence-electron chi connectivity index (χ1n) is 20.8. The number of hydrogen-bond acceptors (Lipinski definition) is 2. The van der Waals surface area contributed by atoms with E-state index in [1.165, 1.54) is 118 Å². The van der Waals surface area contributed by atoms with Gasteiger partial charge in [0.05, 0.1) is 0 Å². The summed E-state index contributed by atoms with van der Waals surface area (Å²) < 4.78 is 5.48. The predicted molar refractivity (Wildman–Crippen MR) is 258 cm³/mol. The van der Waals surface area contributed by atoms with E-state index in [-0.39, 0.29) is 5.41 Å². The monoisotopic (exact) mass is 786 g/mol. The molecule has 0 amide bonds. The Balaban J connectivity index is 0.942. The number of fused-ring (bicyclic) bond motifs is 13. The maximum Gasteiger partial charge on any atom is 0.0448 e. The molecule has 0 saturated carbocycles. The molecule has 0 N–H and O–H groups in total. The van der Waals surface area contributed by atoms with Crippen molar-refractivity contribution in [1.82, 2.24) is 0 Å². The van der Waals surface area contributed by atoms with Crippen LogP contribution in [0, 0.1) is 11.8 Å². The fourth-order valence-corrected chi connectivity index (χ4v) is 13.3. The summed E-state index contributed by atoms with van der Waals surface area (Å²) in [5.41, 5.74) is 13.3. The number of rotatable bonds is 3. The second-order valence-electron chi connectivity index (χ2n) is 17.1. The fourth-order valence-electron chi connectivity index (χ4n) is 10.8. The molecule has 0 bridgehead atoms. The van der Waals surface area contributed by atoms with Crippen LogP contribution >= 0.6 is 22.7 Å². The van der Waals surface area contributed by atoms with Gasteiger partial charge in [-0.3, -0.25) is 0 Å². The van der Waals surface area contributed by atoms with E-state index in [2.05, 4.69) is 196 Å². The van der Waals surface area contributed by atoms with Crippen LogP contribution in [0.1, 0.15) is 30.5 Å². The molecule has 278 valence electrons. The maximum absolute atomic E-state index is 2.51. The van der Waals surface area contributed by atoms with E-state index < -0.39 is 0 Å². The highest BCUT2D eigenvalue weighted by Crippen LogP contribution is 2.53. The lowest BCUT2D eigenvalue weighted by atomic mass is 9.74. The number of allylic oxidation sites excluding steroid dienone is 8. The van der Waals surface area contributed by atoms with Crippen molar-refractivity contribution >= 4 is 90.1 Å². The summed E-state index contributed by atoms with van der Waals surface area (Å²) >= 11 is 3.84. The van der Waals surface area contributed by atoms with Crippen LogP contribution in [0.3, 0.4) is 0 Å². The molecular weight excluding hydrogens is 749 g/mol. The molecule has 59 heavy (non-hydrogen) atoms. The molecule has 0 aliphatic heterocycles. The third-order valence-corrected chi connectivity index (χ3v) is 16.0. The molecular formula is C57H38S2.